The minimum Gasteiger partial charge on any atom is -0.450 e. The number of hydrogen-bond donors (Lipinski definition) is 3. The van der Waals surface area contributed by atoms with Gasteiger partial charge >= 0.3 is 13.7 Å². The molecule has 0 spiro atoms. The first kappa shape index (κ1) is 10.4. The zero-order chi connectivity index (χ0) is 8.91. The molecule has 0 rings (SSSR count). The molecule has 0 fully saturated rings. The predicted octanol–water partition coefficient (Wildman–Crippen LogP) is -0.132. The highest BCUT2D eigenvalue weighted by molar-refractivity contribution is 7.51. The first-order valence-electron chi connectivity index (χ1n) is 2.91. The van der Waals surface area contributed by atoms with Crippen molar-refractivity contribution in [3.63, 3.8) is 0 Å². The molecule has 66 valence electrons. The number of carbonyl (C=O) groups is 1. The first-order valence-corrected chi connectivity index (χ1v) is 4.70. The molecule has 6 nitrogen and oxygen atoms in total. The monoisotopic (exact) mass is 183 g/mol. The summed E-state index contributed by atoms with van der Waals surface area (Å²) in [5.74, 6) is 0. The third-order valence-corrected chi connectivity index (χ3v) is 1.27. The van der Waals surface area contributed by atoms with Crippen LogP contribution in [0.15, 0.2) is 0 Å². The van der Waals surface area contributed by atoms with Crippen LogP contribution in [0.5, 0.6) is 0 Å². The van der Waals surface area contributed by atoms with Crippen molar-refractivity contribution < 1.29 is 23.9 Å². The van der Waals surface area contributed by atoms with Crippen LogP contribution in [0.1, 0.15) is 6.92 Å². The summed E-state index contributed by atoms with van der Waals surface area (Å²) in [5.41, 5.74) is 0. The Morgan fingerprint density at radius 1 is 1.64 bits per heavy atom. The van der Waals surface area contributed by atoms with Crippen molar-refractivity contribution in [2.45, 2.75) is 6.92 Å². The van der Waals surface area contributed by atoms with E-state index in [1.54, 1.807) is 6.92 Å². The molecule has 0 aromatic carbocycles. The molecule has 0 heterocycles. The first-order chi connectivity index (χ1) is 4.95. The fraction of sp³-hybridized carbons (Fsp3) is 0.750. The minimum absolute atomic E-state index is 0.174. The molecule has 0 saturated carbocycles. The second-order valence-electron chi connectivity index (χ2n) is 1.72. The van der Waals surface area contributed by atoms with E-state index >= 15 is 0 Å². The molecular weight excluding hydrogens is 173 g/mol. The lowest BCUT2D eigenvalue weighted by atomic mass is 10.9. The van der Waals surface area contributed by atoms with E-state index in [4.69, 9.17) is 9.79 Å². The summed E-state index contributed by atoms with van der Waals surface area (Å²) in [6.07, 6.45) is -1.51. The highest BCUT2D eigenvalue weighted by Crippen LogP contribution is 2.31. The van der Waals surface area contributed by atoms with Crippen LogP contribution in [0.4, 0.5) is 4.79 Å². The Morgan fingerprint density at radius 2 is 2.18 bits per heavy atom. The fourth-order valence-electron chi connectivity index (χ4n) is 0.350. The molecule has 0 saturated heterocycles. The molecule has 11 heavy (non-hydrogen) atoms. The van der Waals surface area contributed by atoms with Gasteiger partial charge in [-0.2, -0.15) is 0 Å². The Bertz CT molecular complexity index is 175. The maximum atomic E-state index is 10.4. The van der Waals surface area contributed by atoms with Crippen LogP contribution >= 0.6 is 7.60 Å². The Morgan fingerprint density at radius 3 is 2.55 bits per heavy atom. The van der Waals surface area contributed by atoms with Gasteiger partial charge in [0.15, 0.2) is 0 Å². The van der Waals surface area contributed by atoms with E-state index in [9.17, 15) is 9.36 Å². The van der Waals surface area contributed by atoms with Crippen LogP contribution in [0.2, 0.25) is 0 Å². The molecule has 0 aliphatic rings. The summed E-state index contributed by atoms with van der Waals surface area (Å²) >= 11 is 0. The topological polar surface area (TPSA) is 95.9 Å². The minimum atomic E-state index is -4.16. The third-order valence-electron chi connectivity index (χ3n) is 0.705. The summed E-state index contributed by atoms with van der Waals surface area (Å²) in [6, 6.07) is 0. The molecule has 0 radical (unpaired) electrons. The van der Waals surface area contributed by atoms with Gasteiger partial charge in [-0.3, -0.25) is 4.57 Å². The van der Waals surface area contributed by atoms with Crippen molar-refractivity contribution >= 4 is 13.7 Å². The van der Waals surface area contributed by atoms with Gasteiger partial charge in [0.1, 0.15) is 6.29 Å². The summed E-state index contributed by atoms with van der Waals surface area (Å²) in [4.78, 5) is 27.0. The van der Waals surface area contributed by atoms with Gasteiger partial charge in [-0.1, -0.05) is 0 Å². The van der Waals surface area contributed by atoms with Gasteiger partial charge in [0.25, 0.3) is 0 Å². The van der Waals surface area contributed by atoms with Gasteiger partial charge < -0.3 is 19.8 Å². The molecule has 0 aromatic heterocycles. The quantitative estimate of drug-likeness (QED) is 0.529. The van der Waals surface area contributed by atoms with Crippen LogP contribution < -0.4 is 5.32 Å². The van der Waals surface area contributed by atoms with E-state index < -0.39 is 20.0 Å². The highest BCUT2D eigenvalue weighted by atomic mass is 31.2. The normalized spacial score (nSPS) is 10.8. The molecule has 0 bridgehead atoms. The van der Waals surface area contributed by atoms with Crippen molar-refractivity contribution in [1.82, 2.24) is 5.32 Å². The van der Waals surface area contributed by atoms with Gasteiger partial charge in [0, 0.05) is 0 Å². The molecule has 7 heteroatoms. The Labute approximate surface area is 63.7 Å². The fourth-order valence-corrected chi connectivity index (χ4v) is 0.685. The largest absolute Gasteiger partial charge is 0.450 e. The Kier molecular flexibility index (Phi) is 4.10. The van der Waals surface area contributed by atoms with Crippen LogP contribution in [0, 0.1) is 0 Å². The summed E-state index contributed by atoms with van der Waals surface area (Å²) in [7, 11) is -4.16. The van der Waals surface area contributed by atoms with Crippen molar-refractivity contribution in [1.29, 1.82) is 0 Å². The summed E-state index contributed by atoms with van der Waals surface area (Å²) in [6.45, 7) is 1.77. The standard InChI is InChI=1S/C4H10NO5P/c1-2-10-4(6)5-3-11(7,8)9/h2-3H2,1H3,(H,5,6)(H2,7,8,9). The van der Waals surface area contributed by atoms with E-state index in [-0.39, 0.29) is 6.61 Å². The van der Waals surface area contributed by atoms with E-state index in [1.165, 1.54) is 0 Å². The molecule has 0 unspecified atom stereocenters. The molecule has 0 atom stereocenters. The summed E-state index contributed by atoms with van der Waals surface area (Å²) < 4.78 is 14.5. The smallest absolute Gasteiger partial charge is 0.407 e. The van der Waals surface area contributed by atoms with Crippen LogP contribution in [-0.2, 0) is 9.30 Å². The summed E-state index contributed by atoms with van der Waals surface area (Å²) in [5, 5.41) is 1.90. The number of rotatable bonds is 3. The average Bonchev–Trinajstić information content (AvgIpc) is 1.83. The van der Waals surface area contributed by atoms with Gasteiger partial charge in [-0.15, -0.1) is 0 Å². The molecule has 0 aliphatic carbocycles. The molecular formula is C4H10NO5P. The lowest BCUT2D eigenvalue weighted by molar-refractivity contribution is 0.153. The van der Waals surface area contributed by atoms with Gasteiger partial charge in [-0.25, -0.2) is 4.79 Å². The number of alkyl carbamates (subject to hydrolysis) is 1. The van der Waals surface area contributed by atoms with Crippen LogP contribution in [-0.4, -0.2) is 28.8 Å². The van der Waals surface area contributed by atoms with Crippen LogP contribution in [0.3, 0.4) is 0 Å². The molecule has 0 aromatic rings. The van der Waals surface area contributed by atoms with Gasteiger partial charge in [0.2, 0.25) is 0 Å². The van der Waals surface area contributed by atoms with E-state index in [0.717, 1.165) is 0 Å². The molecule has 3 N–H and O–H groups in total. The van der Waals surface area contributed by atoms with E-state index in [0.29, 0.717) is 0 Å². The number of hydrogen-bond acceptors (Lipinski definition) is 3. The van der Waals surface area contributed by atoms with Crippen molar-refractivity contribution in [3.05, 3.63) is 0 Å². The Balaban J connectivity index is 3.55. The third kappa shape index (κ3) is 7.32. The lowest BCUT2D eigenvalue weighted by Crippen LogP contribution is -2.25. The average molecular weight is 183 g/mol. The molecule has 1 amide bonds. The number of nitrogens with one attached hydrogen (secondary N) is 1. The second-order valence-corrected chi connectivity index (χ2v) is 3.37. The van der Waals surface area contributed by atoms with Gasteiger partial charge in [0.05, 0.1) is 6.61 Å². The zero-order valence-electron chi connectivity index (χ0n) is 5.98. The van der Waals surface area contributed by atoms with Gasteiger partial charge in [-0.05, 0) is 6.92 Å². The number of ether oxygens (including phenoxy) is 1. The predicted molar refractivity (Wildman–Crippen MR) is 37.1 cm³/mol. The maximum absolute atomic E-state index is 10.4. The van der Waals surface area contributed by atoms with Crippen molar-refractivity contribution in [3.8, 4) is 0 Å². The van der Waals surface area contributed by atoms with Crippen molar-refractivity contribution in [2.75, 3.05) is 12.9 Å². The highest BCUT2D eigenvalue weighted by Gasteiger charge is 2.14. The Hall–Kier alpha value is -0.580. The van der Waals surface area contributed by atoms with E-state index in [2.05, 4.69) is 4.74 Å². The zero-order valence-corrected chi connectivity index (χ0v) is 6.88. The maximum Gasteiger partial charge on any atom is 0.407 e. The number of carbonyl (C=O) groups excluding carboxylic acids is 1. The molecule has 0 aliphatic heterocycles. The second kappa shape index (κ2) is 4.33. The lowest BCUT2D eigenvalue weighted by Gasteiger charge is -2.05. The van der Waals surface area contributed by atoms with Crippen LogP contribution in [0.25, 0.3) is 0 Å². The number of amides is 1. The SMILES string of the molecule is CCOC(=O)NCP(=O)(O)O. The van der Waals surface area contributed by atoms with E-state index in [1.807, 2.05) is 5.32 Å². The van der Waals surface area contributed by atoms with Crippen molar-refractivity contribution in [2.24, 2.45) is 0 Å².